The van der Waals surface area contributed by atoms with Gasteiger partial charge in [0.1, 0.15) is 6.04 Å². The number of aliphatic hydroxyl groups excluding tert-OH is 1. The van der Waals surface area contributed by atoms with Gasteiger partial charge in [0.25, 0.3) is 5.91 Å². The van der Waals surface area contributed by atoms with Gasteiger partial charge in [-0.1, -0.05) is 36.4 Å². The first-order valence-electron chi connectivity index (χ1n) is 9.07. The highest BCUT2D eigenvalue weighted by Crippen LogP contribution is 2.36. The predicted molar refractivity (Wildman–Crippen MR) is 112 cm³/mol. The number of aliphatic imine (C=N–C) groups is 1. The summed E-state index contributed by atoms with van der Waals surface area (Å²) in [5, 5.41) is 14.8. The predicted octanol–water partition coefficient (Wildman–Crippen LogP) is 3.45. The van der Waals surface area contributed by atoms with Crippen LogP contribution in [0.5, 0.6) is 0 Å². The molecule has 2 atom stereocenters. The molecule has 1 amide bonds. The van der Waals surface area contributed by atoms with Gasteiger partial charge in [-0.25, -0.2) is 0 Å². The highest BCUT2D eigenvalue weighted by atomic mass is 32.2. The lowest BCUT2D eigenvalue weighted by Gasteiger charge is -2.11. The van der Waals surface area contributed by atoms with Crippen molar-refractivity contribution in [3.63, 3.8) is 0 Å². The lowest BCUT2D eigenvalue weighted by atomic mass is 10.1. The van der Waals surface area contributed by atoms with Gasteiger partial charge in [-0.2, -0.15) is 0 Å². The Kier molecular flexibility index (Phi) is 4.22. The lowest BCUT2D eigenvalue weighted by Crippen LogP contribution is -2.22. The van der Waals surface area contributed by atoms with Crippen molar-refractivity contribution in [1.82, 2.24) is 10.3 Å². The molecular weight excluding hydrogens is 370 g/mol. The average Bonchev–Trinajstić information content (AvgIpc) is 3.21. The van der Waals surface area contributed by atoms with E-state index in [2.05, 4.69) is 15.3 Å². The van der Waals surface area contributed by atoms with E-state index in [4.69, 9.17) is 0 Å². The Labute approximate surface area is 166 Å². The van der Waals surface area contributed by atoms with E-state index in [1.165, 1.54) is 11.8 Å². The van der Waals surface area contributed by atoms with Gasteiger partial charge >= 0.3 is 0 Å². The van der Waals surface area contributed by atoms with E-state index in [0.717, 1.165) is 27.6 Å². The van der Waals surface area contributed by atoms with Crippen molar-refractivity contribution in [2.45, 2.75) is 18.6 Å². The summed E-state index contributed by atoms with van der Waals surface area (Å²) < 4.78 is 0. The Morgan fingerprint density at radius 1 is 1.18 bits per heavy atom. The zero-order valence-corrected chi connectivity index (χ0v) is 15.7. The number of hydrogen-bond donors (Lipinski definition) is 2. The number of amidine groups is 1. The van der Waals surface area contributed by atoms with Crippen LogP contribution in [0.3, 0.4) is 0 Å². The molecule has 1 fully saturated rings. The molecular formula is C22H17N3O2S. The van der Waals surface area contributed by atoms with Crippen molar-refractivity contribution in [3.05, 3.63) is 82.4 Å². The molecule has 138 valence electrons. The van der Waals surface area contributed by atoms with Gasteiger partial charge < -0.3 is 10.4 Å². The molecule has 0 bridgehead atoms. The number of thioether (sulfide) groups is 1. The number of hydrogen-bond acceptors (Lipinski definition) is 5. The summed E-state index contributed by atoms with van der Waals surface area (Å²) in [7, 11) is 0. The van der Waals surface area contributed by atoms with Crippen LogP contribution in [0.1, 0.15) is 22.7 Å². The van der Waals surface area contributed by atoms with Crippen molar-refractivity contribution in [2.24, 2.45) is 4.99 Å². The maximum atomic E-state index is 12.4. The minimum absolute atomic E-state index is 0.171. The van der Waals surface area contributed by atoms with Gasteiger partial charge in [-0.3, -0.25) is 14.8 Å². The first-order chi connectivity index (χ1) is 13.7. The normalized spacial score (nSPS) is 24.1. The minimum atomic E-state index is -0.566. The van der Waals surface area contributed by atoms with E-state index in [1.807, 2.05) is 60.7 Å². The molecule has 1 aliphatic carbocycles. The quantitative estimate of drug-likeness (QED) is 0.661. The molecule has 1 saturated heterocycles. The Morgan fingerprint density at radius 2 is 2.07 bits per heavy atom. The van der Waals surface area contributed by atoms with Crippen LogP contribution in [-0.4, -0.2) is 27.3 Å². The maximum Gasteiger partial charge on any atom is 0.264 e. The molecule has 2 N–H and O–H groups in total. The van der Waals surface area contributed by atoms with Crippen LogP contribution in [0.25, 0.3) is 17.0 Å². The van der Waals surface area contributed by atoms with Gasteiger partial charge in [0.15, 0.2) is 5.17 Å². The lowest BCUT2D eigenvalue weighted by molar-refractivity contribution is -0.115. The molecule has 6 heteroatoms. The fraction of sp³-hybridized carbons (Fsp3) is 0.136. The molecule has 2 unspecified atom stereocenters. The number of aliphatic hydroxyl groups is 1. The van der Waals surface area contributed by atoms with Crippen molar-refractivity contribution in [3.8, 4) is 0 Å². The highest BCUT2D eigenvalue weighted by molar-refractivity contribution is 8.18. The fourth-order valence-corrected chi connectivity index (χ4v) is 4.52. The van der Waals surface area contributed by atoms with Crippen molar-refractivity contribution >= 4 is 39.8 Å². The van der Waals surface area contributed by atoms with Gasteiger partial charge in [0, 0.05) is 18.0 Å². The Bertz CT molecular complexity index is 1160. The largest absolute Gasteiger partial charge is 0.390 e. The maximum absolute atomic E-state index is 12.4. The summed E-state index contributed by atoms with van der Waals surface area (Å²) in [6.45, 7) is 0. The second-order valence-corrected chi connectivity index (χ2v) is 7.90. The van der Waals surface area contributed by atoms with Gasteiger partial charge in [-0.05, 0) is 52.7 Å². The third-order valence-corrected chi connectivity index (χ3v) is 5.92. The van der Waals surface area contributed by atoms with E-state index in [1.54, 1.807) is 6.20 Å². The fourth-order valence-electron chi connectivity index (χ4n) is 3.66. The monoisotopic (exact) mass is 387 g/mol. The molecule has 2 aliphatic rings. The van der Waals surface area contributed by atoms with Crippen LogP contribution >= 0.6 is 11.8 Å². The van der Waals surface area contributed by atoms with Gasteiger partial charge in [-0.15, -0.1) is 0 Å². The number of fused-ring (bicyclic) bond motifs is 2. The number of carbonyl (C=O) groups is 1. The minimum Gasteiger partial charge on any atom is -0.390 e. The smallest absolute Gasteiger partial charge is 0.264 e. The summed E-state index contributed by atoms with van der Waals surface area (Å²) in [6, 6.07) is 17.4. The zero-order valence-electron chi connectivity index (χ0n) is 14.9. The van der Waals surface area contributed by atoms with E-state index < -0.39 is 6.10 Å². The Balaban J connectivity index is 1.42. The zero-order chi connectivity index (χ0) is 19.1. The number of benzene rings is 2. The average molecular weight is 387 g/mol. The van der Waals surface area contributed by atoms with Crippen LogP contribution < -0.4 is 5.32 Å². The summed E-state index contributed by atoms with van der Waals surface area (Å²) in [5.41, 5.74) is 3.99. The Morgan fingerprint density at radius 3 is 3.00 bits per heavy atom. The second-order valence-electron chi connectivity index (χ2n) is 6.87. The van der Waals surface area contributed by atoms with Crippen LogP contribution in [0.15, 0.2) is 70.7 Å². The molecule has 28 heavy (non-hydrogen) atoms. The number of carbonyl (C=O) groups excluding carboxylic acids is 1. The van der Waals surface area contributed by atoms with E-state index in [9.17, 15) is 9.90 Å². The molecule has 1 aliphatic heterocycles. The van der Waals surface area contributed by atoms with E-state index >= 15 is 0 Å². The van der Waals surface area contributed by atoms with Crippen molar-refractivity contribution in [1.29, 1.82) is 0 Å². The number of amides is 1. The first kappa shape index (κ1) is 17.2. The van der Waals surface area contributed by atoms with Crippen LogP contribution in [0.4, 0.5) is 0 Å². The topological polar surface area (TPSA) is 74.6 Å². The molecule has 0 radical (unpaired) electrons. The molecule has 1 aromatic heterocycles. The van der Waals surface area contributed by atoms with Gasteiger partial charge in [0.05, 0.1) is 16.5 Å². The van der Waals surface area contributed by atoms with Gasteiger partial charge in [0.2, 0.25) is 0 Å². The molecule has 3 aromatic rings. The van der Waals surface area contributed by atoms with Crippen LogP contribution in [0.2, 0.25) is 0 Å². The molecule has 5 rings (SSSR count). The second kappa shape index (κ2) is 6.89. The van der Waals surface area contributed by atoms with E-state index in [0.29, 0.717) is 16.5 Å². The molecule has 0 spiro atoms. The number of nitrogens with zero attached hydrogens (tertiary/aromatic N) is 2. The van der Waals surface area contributed by atoms with Crippen LogP contribution in [0, 0.1) is 0 Å². The third-order valence-electron chi connectivity index (χ3n) is 5.00. The first-order valence-corrected chi connectivity index (χ1v) is 9.88. The summed E-state index contributed by atoms with van der Waals surface area (Å²) in [5.74, 6) is -0.171. The summed E-state index contributed by atoms with van der Waals surface area (Å²) >= 11 is 1.31. The van der Waals surface area contributed by atoms with Crippen LogP contribution in [-0.2, 0) is 11.2 Å². The standard InChI is InChI=1S/C22H17N3O2S/c26-18-12-14-4-1-2-6-16(14)20(18)24-22-25-21(27)19(28-22)11-13-7-8-17-15(10-13)5-3-9-23-17/h1-11,18,20,26H,12H2,(H,24,25,27)/b19-11-. The number of pyridine rings is 1. The summed E-state index contributed by atoms with van der Waals surface area (Å²) in [6.07, 6.45) is 3.64. The third kappa shape index (κ3) is 3.10. The number of rotatable bonds is 2. The molecule has 2 aromatic carbocycles. The highest BCUT2D eigenvalue weighted by Gasteiger charge is 2.33. The SMILES string of the molecule is O=C1NC(=NC2c3ccccc3CC2O)S/C1=C\c1ccc2ncccc2c1. The molecule has 5 nitrogen and oxygen atoms in total. The van der Waals surface area contributed by atoms with E-state index in [-0.39, 0.29) is 11.9 Å². The summed E-state index contributed by atoms with van der Waals surface area (Å²) in [4.78, 5) is 21.9. The molecule has 0 saturated carbocycles. The molecule has 2 heterocycles. The Hall–Kier alpha value is -2.96. The van der Waals surface area contributed by atoms with Crippen molar-refractivity contribution in [2.75, 3.05) is 0 Å². The van der Waals surface area contributed by atoms with Crippen molar-refractivity contribution < 1.29 is 9.90 Å². The number of aromatic nitrogens is 1. The number of nitrogens with one attached hydrogen (secondary N) is 1.